The van der Waals surface area contributed by atoms with Gasteiger partial charge in [-0.1, -0.05) is 59.7 Å². The third-order valence-corrected chi connectivity index (χ3v) is 6.95. The van der Waals surface area contributed by atoms with Gasteiger partial charge in [0.25, 0.3) is 10.0 Å². The first-order chi connectivity index (χ1) is 13.4. The van der Waals surface area contributed by atoms with Crippen LogP contribution in [0.25, 0.3) is 0 Å². The largest absolute Gasteiger partial charge is 0.294 e. The van der Waals surface area contributed by atoms with Gasteiger partial charge in [0.05, 0.1) is 16.6 Å². The highest BCUT2D eigenvalue weighted by Gasteiger charge is 2.39. The van der Waals surface area contributed by atoms with Crippen molar-refractivity contribution in [1.29, 1.82) is 0 Å². The van der Waals surface area contributed by atoms with Gasteiger partial charge in [-0.3, -0.25) is 9.10 Å². The van der Waals surface area contributed by atoms with Gasteiger partial charge in [-0.05, 0) is 43.7 Å². The van der Waals surface area contributed by atoms with Gasteiger partial charge in [-0.2, -0.15) is 0 Å². The van der Waals surface area contributed by atoms with Crippen LogP contribution in [0.3, 0.4) is 0 Å². The molecule has 0 unspecified atom stereocenters. The van der Waals surface area contributed by atoms with E-state index in [2.05, 4.69) is 0 Å². The van der Waals surface area contributed by atoms with E-state index in [1.54, 1.807) is 48.5 Å². The zero-order valence-corrected chi connectivity index (χ0v) is 16.6. The summed E-state index contributed by atoms with van der Waals surface area (Å²) in [4.78, 5) is 13.0. The number of hydrogen-bond acceptors (Lipinski definition) is 3. The van der Waals surface area contributed by atoms with Crippen LogP contribution in [0.2, 0.25) is 0 Å². The van der Waals surface area contributed by atoms with E-state index < -0.39 is 16.1 Å². The zero-order valence-electron chi connectivity index (χ0n) is 15.8. The molecule has 0 spiro atoms. The van der Waals surface area contributed by atoms with Crippen molar-refractivity contribution in [2.45, 2.75) is 31.2 Å². The molecule has 1 heterocycles. The van der Waals surface area contributed by atoms with Gasteiger partial charge >= 0.3 is 0 Å². The molecule has 0 radical (unpaired) electrons. The second kappa shape index (κ2) is 6.91. The molecule has 0 aromatic heterocycles. The molecule has 1 atom stereocenters. The Morgan fingerprint density at radius 1 is 0.857 bits per heavy atom. The van der Waals surface area contributed by atoms with E-state index in [4.69, 9.17) is 0 Å². The first kappa shape index (κ1) is 18.4. The zero-order chi connectivity index (χ0) is 19.9. The minimum absolute atomic E-state index is 0.0440. The molecule has 4 nitrogen and oxygen atoms in total. The summed E-state index contributed by atoms with van der Waals surface area (Å²) >= 11 is 0. The van der Waals surface area contributed by atoms with Crippen molar-refractivity contribution in [1.82, 2.24) is 0 Å². The number of carbonyl (C=O) groups excluding carboxylic acids is 1. The molecule has 0 bridgehead atoms. The van der Waals surface area contributed by atoms with Crippen LogP contribution in [0.4, 0.5) is 5.69 Å². The Morgan fingerprint density at radius 2 is 1.57 bits per heavy atom. The molecule has 0 amide bonds. The summed E-state index contributed by atoms with van der Waals surface area (Å²) in [6, 6.07) is 20.9. The maximum absolute atomic E-state index is 13.7. The molecule has 0 saturated carbocycles. The fourth-order valence-corrected chi connectivity index (χ4v) is 5.35. The minimum Gasteiger partial charge on any atom is -0.294 e. The van der Waals surface area contributed by atoms with E-state index >= 15 is 0 Å². The molecular weight excluding hydrogens is 370 g/mol. The molecule has 1 aliphatic heterocycles. The van der Waals surface area contributed by atoms with E-state index in [0.717, 1.165) is 16.7 Å². The van der Waals surface area contributed by atoms with E-state index in [0.29, 0.717) is 11.3 Å². The highest BCUT2D eigenvalue weighted by atomic mass is 32.2. The highest BCUT2D eigenvalue weighted by molar-refractivity contribution is 7.92. The summed E-state index contributed by atoms with van der Waals surface area (Å²) in [5, 5.41) is 0. The normalized spacial score (nSPS) is 16.7. The number of carbonyl (C=O) groups is 1. The average molecular weight is 391 g/mol. The Bertz CT molecular complexity index is 1150. The molecular formula is C23H21NO3S. The van der Waals surface area contributed by atoms with E-state index in [1.165, 1.54) is 4.31 Å². The first-order valence-corrected chi connectivity index (χ1v) is 10.6. The number of sulfonamides is 1. The van der Waals surface area contributed by atoms with E-state index in [9.17, 15) is 13.2 Å². The maximum atomic E-state index is 13.7. The summed E-state index contributed by atoms with van der Waals surface area (Å²) in [5.41, 5.74) is 3.71. The van der Waals surface area contributed by atoms with Gasteiger partial charge in [-0.15, -0.1) is 0 Å². The fraction of sp³-hybridized carbons (Fsp3) is 0.174. The Labute approximate surface area is 165 Å². The maximum Gasteiger partial charge on any atom is 0.264 e. The fourth-order valence-electron chi connectivity index (χ4n) is 3.69. The second-order valence-corrected chi connectivity index (χ2v) is 9.00. The number of hydrogen-bond donors (Lipinski definition) is 0. The molecule has 0 N–H and O–H groups in total. The summed E-state index contributed by atoms with van der Waals surface area (Å²) in [7, 11) is -3.84. The van der Waals surface area contributed by atoms with Crippen molar-refractivity contribution in [3.05, 3.63) is 95.1 Å². The number of anilines is 1. The third kappa shape index (κ3) is 3.12. The predicted octanol–water partition coefficient (Wildman–Crippen LogP) is 4.83. The monoisotopic (exact) mass is 391 g/mol. The molecule has 1 aliphatic rings. The van der Waals surface area contributed by atoms with E-state index in [1.807, 2.05) is 38.1 Å². The van der Waals surface area contributed by atoms with Crippen LogP contribution >= 0.6 is 0 Å². The van der Waals surface area contributed by atoms with Gasteiger partial charge in [0, 0.05) is 12.0 Å². The second-order valence-electron chi connectivity index (χ2n) is 7.19. The Balaban J connectivity index is 1.94. The molecule has 4 rings (SSSR count). The van der Waals surface area contributed by atoms with Crippen molar-refractivity contribution in [2.75, 3.05) is 4.31 Å². The van der Waals surface area contributed by atoms with Gasteiger partial charge in [0.1, 0.15) is 0 Å². The van der Waals surface area contributed by atoms with Crippen LogP contribution < -0.4 is 4.31 Å². The standard InChI is InChI=1S/C23H21NO3S/c1-16-10-12-19(13-11-16)28(26,27)24-21-9-4-3-8-20(21)23(25)15-22(24)18-7-5-6-17(2)14-18/h3-14,22H,15H2,1-2H3/t22-/m0/s1. The van der Waals surface area contributed by atoms with Crippen molar-refractivity contribution in [3.8, 4) is 0 Å². The molecule has 0 fully saturated rings. The van der Waals surface area contributed by atoms with Gasteiger partial charge in [0.2, 0.25) is 0 Å². The van der Waals surface area contributed by atoms with Crippen molar-refractivity contribution >= 4 is 21.5 Å². The third-order valence-electron chi connectivity index (χ3n) is 5.11. The Morgan fingerprint density at radius 3 is 2.29 bits per heavy atom. The summed E-state index contributed by atoms with van der Waals surface area (Å²) in [5.74, 6) is -0.0440. The summed E-state index contributed by atoms with van der Waals surface area (Å²) < 4.78 is 28.7. The van der Waals surface area contributed by atoms with Gasteiger partial charge in [0.15, 0.2) is 5.78 Å². The SMILES string of the molecule is Cc1ccc(S(=O)(=O)N2c3ccccc3C(=O)C[C@H]2c2cccc(C)c2)cc1. The van der Waals surface area contributed by atoms with Crippen molar-refractivity contribution in [2.24, 2.45) is 0 Å². The van der Waals surface area contributed by atoms with Crippen LogP contribution in [0.1, 0.15) is 39.5 Å². The molecule has 142 valence electrons. The quantitative estimate of drug-likeness (QED) is 0.643. The molecule has 28 heavy (non-hydrogen) atoms. The highest BCUT2D eigenvalue weighted by Crippen LogP contribution is 2.42. The molecule has 5 heteroatoms. The van der Waals surface area contributed by atoms with Crippen LogP contribution in [-0.2, 0) is 10.0 Å². The average Bonchev–Trinajstić information content (AvgIpc) is 2.68. The number of benzene rings is 3. The summed E-state index contributed by atoms with van der Waals surface area (Å²) in [6.07, 6.45) is 0.117. The predicted molar refractivity (Wildman–Crippen MR) is 110 cm³/mol. The lowest BCUT2D eigenvalue weighted by Gasteiger charge is -2.37. The van der Waals surface area contributed by atoms with Crippen molar-refractivity contribution in [3.63, 3.8) is 0 Å². The smallest absolute Gasteiger partial charge is 0.264 e. The van der Waals surface area contributed by atoms with Crippen LogP contribution in [0, 0.1) is 13.8 Å². The van der Waals surface area contributed by atoms with Crippen LogP contribution in [-0.4, -0.2) is 14.2 Å². The topological polar surface area (TPSA) is 54.5 Å². The lowest BCUT2D eigenvalue weighted by Crippen LogP contribution is -2.40. The number of Topliss-reactive ketones (excluding diaryl/α,β-unsaturated/α-hetero) is 1. The Hall–Kier alpha value is -2.92. The first-order valence-electron chi connectivity index (χ1n) is 9.18. The van der Waals surface area contributed by atoms with Crippen LogP contribution in [0.5, 0.6) is 0 Å². The number of fused-ring (bicyclic) bond motifs is 1. The number of nitrogens with zero attached hydrogens (tertiary/aromatic N) is 1. The van der Waals surface area contributed by atoms with Crippen molar-refractivity contribution < 1.29 is 13.2 Å². The molecule has 3 aromatic carbocycles. The lowest BCUT2D eigenvalue weighted by atomic mass is 9.92. The van der Waals surface area contributed by atoms with Gasteiger partial charge in [-0.25, -0.2) is 8.42 Å². The summed E-state index contributed by atoms with van der Waals surface area (Å²) in [6.45, 7) is 3.88. The lowest BCUT2D eigenvalue weighted by molar-refractivity contribution is 0.0969. The molecule has 3 aromatic rings. The molecule has 0 aliphatic carbocycles. The number of rotatable bonds is 3. The van der Waals surface area contributed by atoms with Gasteiger partial charge < -0.3 is 0 Å². The number of ketones is 1. The number of aryl methyl sites for hydroxylation is 2. The van der Waals surface area contributed by atoms with Crippen LogP contribution in [0.15, 0.2) is 77.7 Å². The van der Waals surface area contributed by atoms with E-state index in [-0.39, 0.29) is 17.1 Å². The number of para-hydroxylation sites is 1. The minimum atomic E-state index is -3.84. The molecule has 0 saturated heterocycles. The Kier molecular flexibility index (Phi) is 4.55.